The van der Waals surface area contributed by atoms with E-state index in [1.54, 1.807) is 0 Å². The van der Waals surface area contributed by atoms with E-state index in [4.69, 9.17) is 0 Å². The van der Waals surface area contributed by atoms with Gasteiger partial charge in [0.05, 0.1) is 0 Å². The summed E-state index contributed by atoms with van der Waals surface area (Å²) in [7, 11) is 1.92. The number of piperidine rings is 1. The van der Waals surface area contributed by atoms with Gasteiger partial charge in [0.1, 0.15) is 5.69 Å². The van der Waals surface area contributed by atoms with Crippen molar-refractivity contribution in [2.24, 2.45) is 7.05 Å². The first-order valence-corrected chi connectivity index (χ1v) is 8.17. The number of carbonyl (C=O) groups excluding carboxylic acids is 1. The van der Waals surface area contributed by atoms with Gasteiger partial charge >= 0.3 is 0 Å². The van der Waals surface area contributed by atoms with Crippen LogP contribution in [0, 0.1) is 6.92 Å². The van der Waals surface area contributed by atoms with Crippen molar-refractivity contribution < 1.29 is 4.79 Å². The molecule has 122 valence electrons. The molecule has 1 aliphatic rings. The lowest BCUT2D eigenvalue weighted by Gasteiger charge is -2.32. The highest BCUT2D eigenvalue weighted by Crippen LogP contribution is 2.15. The Bertz CT molecular complexity index is 637. The normalized spacial score (nSPS) is 16.4. The predicted molar refractivity (Wildman–Crippen MR) is 90.2 cm³/mol. The second-order valence-corrected chi connectivity index (χ2v) is 6.34. The molecule has 2 aromatic heterocycles. The fourth-order valence-corrected chi connectivity index (χ4v) is 3.23. The minimum absolute atomic E-state index is 0.0441. The van der Waals surface area contributed by atoms with Crippen LogP contribution in [0.15, 0.2) is 36.8 Å². The third kappa shape index (κ3) is 3.79. The minimum atomic E-state index is 0.0441. The van der Waals surface area contributed by atoms with E-state index in [-0.39, 0.29) is 11.9 Å². The van der Waals surface area contributed by atoms with Gasteiger partial charge in [-0.1, -0.05) is 0 Å². The fraction of sp³-hybridized carbons (Fsp3) is 0.444. The number of rotatable bonds is 4. The van der Waals surface area contributed by atoms with Crippen molar-refractivity contribution in [1.82, 2.24) is 19.8 Å². The van der Waals surface area contributed by atoms with Crippen LogP contribution in [-0.2, 0) is 13.6 Å². The van der Waals surface area contributed by atoms with E-state index in [9.17, 15) is 4.79 Å². The highest BCUT2D eigenvalue weighted by atomic mass is 16.2. The third-order valence-corrected chi connectivity index (χ3v) is 4.57. The summed E-state index contributed by atoms with van der Waals surface area (Å²) in [4.78, 5) is 18.9. The maximum absolute atomic E-state index is 12.4. The largest absolute Gasteiger partial charge is 0.348 e. The molecule has 3 heterocycles. The van der Waals surface area contributed by atoms with Gasteiger partial charge < -0.3 is 9.88 Å². The number of carbonyl (C=O) groups is 1. The van der Waals surface area contributed by atoms with Crippen molar-refractivity contribution in [3.8, 4) is 0 Å². The second-order valence-electron chi connectivity index (χ2n) is 6.34. The summed E-state index contributed by atoms with van der Waals surface area (Å²) in [6, 6.07) is 6.37. The van der Waals surface area contributed by atoms with Crippen molar-refractivity contribution in [1.29, 1.82) is 0 Å². The van der Waals surface area contributed by atoms with Gasteiger partial charge in [0.25, 0.3) is 5.91 Å². The molecule has 0 unspecified atom stereocenters. The molecule has 5 heteroatoms. The number of pyridine rings is 1. The number of hydrogen-bond acceptors (Lipinski definition) is 3. The summed E-state index contributed by atoms with van der Waals surface area (Å²) < 4.78 is 1.89. The van der Waals surface area contributed by atoms with Crippen molar-refractivity contribution in [3.63, 3.8) is 0 Å². The van der Waals surface area contributed by atoms with Gasteiger partial charge in [-0.15, -0.1) is 0 Å². The molecule has 23 heavy (non-hydrogen) atoms. The summed E-state index contributed by atoms with van der Waals surface area (Å²) >= 11 is 0. The molecule has 3 rings (SSSR count). The fourth-order valence-electron chi connectivity index (χ4n) is 3.23. The number of likely N-dealkylation sites (tertiary alicyclic amines) is 1. The molecule has 0 spiro atoms. The predicted octanol–water partition coefficient (Wildman–Crippen LogP) is 2.12. The van der Waals surface area contributed by atoms with Crippen LogP contribution >= 0.6 is 0 Å². The van der Waals surface area contributed by atoms with Crippen molar-refractivity contribution in [2.45, 2.75) is 32.4 Å². The van der Waals surface area contributed by atoms with Gasteiger partial charge in [-0.3, -0.25) is 14.7 Å². The van der Waals surface area contributed by atoms with Crippen molar-refractivity contribution in [2.75, 3.05) is 13.1 Å². The van der Waals surface area contributed by atoms with Gasteiger partial charge in [0.2, 0.25) is 0 Å². The first-order chi connectivity index (χ1) is 11.1. The number of nitrogens with zero attached hydrogens (tertiary/aromatic N) is 3. The molecular formula is C18H24N4O. The van der Waals surface area contributed by atoms with Gasteiger partial charge in [-0.05, 0) is 49.1 Å². The molecule has 1 amide bonds. The molecule has 1 saturated heterocycles. The SMILES string of the molecule is Cc1ccn(C)c1C(=O)NC1CCN(Cc2ccncc2)CC1. The van der Waals surface area contributed by atoms with E-state index >= 15 is 0 Å². The number of aromatic nitrogens is 2. The average molecular weight is 312 g/mol. The molecule has 2 aromatic rings. The zero-order chi connectivity index (χ0) is 16.2. The molecule has 0 aliphatic carbocycles. The Morgan fingerprint density at radius 2 is 1.96 bits per heavy atom. The molecule has 0 bridgehead atoms. The van der Waals surface area contributed by atoms with E-state index in [0.717, 1.165) is 43.7 Å². The van der Waals surface area contributed by atoms with Crippen LogP contribution in [0.5, 0.6) is 0 Å². The van der Waals surface area contributed by atoms with Gasteiger partial charge in [0.15, 0.2) is 0 Å². The zero-order valence-corrected chi connectivity index (χ0v) is 13.8. The lowest BCUT2D eigenvalue weighted by atomic mass is 10.0. The molecule has 1 fully saturated rings. The second kappa shape index (κ2) is 6.96. The van der Waals surface area contributed by atoms with E-state index in [2.05, 4.69) is 27.3 Å². The first-order valence-electron chi connectivity index (χ1n) is 8.17. The maximum atomic E-state index is 12.4. The van der Waals surface area contributed by atoms with Crippen LogP contribution in [0.4, 0.5) is 0 Å². The van der Waals surface area contributed by atoms with E-state index in [1.807, 2.05) is 43.2 Å². The molecule has 1 N–H and O–H groups in total. The van der Waals surface area contributed by atoms with Gasteiger partial charge in [-0.25, -0.2) is 0 Å². The zero-order valence-electron chi connectivity index (χ0n) is 13.8. The summed E-state index contributed by atoms with van der Waals surface area (Å²) in [6.45, 7) is 4.96. The molecule has 0 saturated carbocycles. The minimum Gasteiger partial charge on any atom is -0.348 e. The Labute approximate surface area is 137 Å². The molecule has 1 aliphatic heterocycles. The maximum Gasteiger partial charge on any atom is 0.268 e. The number of nitrogens with one attached hydrogen (secondary N) is 1. The first kappa shape index (κ1) is 15.7. The van der Waals surface area contributed by atoms with Crippen LogP contribution < -0.4 is 5.32 Å². The van der Waals surface area contributed by atoms with Crippen LogP contribution in [0.2, 0.25) is 0 Å². The van der Waals surface area contributed by atoms with Crippen LogP contribution in [-0.4, -0.2) is 39.5 Å². The summed E-state index contributed by atoms with van der Waals surface area (Å²) in [5, 5.41) is 3.19. The summed E-state index contributed by atoms with van der Waals surface area (Å²) in [5.74, 6) is 0.0441. The Kier molecular flexibility index (Phi) is 4.76. The van der Waals surface area contributed by atoms with Crippen LogP contribution in [0.25, 0.3) is 0 Å². The Morgan fingerprint density at radius 1 is 1.26 bits per heavy atom. The summed E-state index contributed by atoms with van der Waals surface area (Å²) in [5.41, 5.74) is 3.09. The highest BCUT2D eigenvalue weighted by Gasteiger charge is 2.22. The Morgan fingerprint density at radius 3 is 2.57 bits per heavy atom. The molecule has 0 radical (unpaired) electrons. The lowest BCUT2D eigenvalue weighted by Crippen LogP contribution is -2.44. The monoisotopic (exact) mass is 312 g/mol. The van der Waals surface area contributed by atoms with Crippen LogP contribution in [0.1, 0.15) is 34.5 Å². The molecule has 0 aromatic carbocycles. The topological polar surface area (TPSA) is 50.2 Å². The van der Waals surface area contributed by atoms with Crippen molar-refractivity contribution in [3.05, 3.63) is 53.6 Å². The Balaban J connectivity index is 1.50. The lowest BCUT2D eigenvalue weighted by molar-refractivity contribution is 0.0900. The standard InChI is InChI=1S/C18H24N4O/c1-14-5-10-21(2)17(14)18(23)20-16-6-11-22(12-7-16)13-15-3-8-19-9-4-15/h3-5,8-10,16H,6-7,11-13H2,1-2H3,(H,20,23). The molecular weight excluding hydrogens is 288 g/mol. The van der Waals surface area contributed by atoms with Crippen molar-refractivity contribution >= 4 is 5.91 Å². The average Bonchev–Trinajstić information content (AvgIpc) is 2.89. The highest BCUT2D eigenvalue weighted by molar-refractivity contribution is 5.94. The number of amides is 1. The number of aryl methyl sites for hydroxylation is 2. The van der Waals surface area contributed by atoms with E-state index < -0.39 is 0 Å². The van der Waals surface area contributed by atoms with Gasteiger partial charge in [-0.2, -0.15) is 0 Å². The quantitative estimate of drug-likeness (QED) is 0.941. The third-order valence-electron chi connectivity index (χ3n) is 4.57. The smallest absolute Gasteiger partial charge is 0.268 e. The van der Waals surface area contributed by atoms with E-state index in [0.29, 0.717) is 0 Å². The molecule has 5 nitrogen and oxygen atoms in total. The van der Waals surface area contributed by atoms with Crippen LogP contribution in [0.3, 0.4) is 0 Å². The van der Waals surface area contributed by atoms with E-state index in [1.165, 1.54) is 5.56 Å². The Hall–Kier alpha value is -2.14. The van der Waals surface area contributed by atoms with Gasteiger partial charge in [0, 0.05) is 51.3 Å². The molecule has 0 atom stereocenters. The summed E-state index contributed by atoms with van der Waals surface area (Å²) in [6.07, 6.45) is 7.61. The number of hydrogen-bond donors (Lipinski definition) is 1.